The lowest BCUT2D eigenvalue weighted by atomic mass is 9.67. The van der Waals surface area contributed by atoms with Crippen molar-refractivity contribution >= 4 is 12.9 Å². The van der Waals surface area contributed by atoms with Gasteiger partial charge in [0.2, 0.25) is 0 Å². The topological polar surface area (TPSA) is 77.8 Å². The summed E-state index contributed by atoms with van der Waals surface area (Å²) in [6.45, 7) is 3.80. The molecular formula is C15H23BO4. The first kappa shape index (κ1) is 16.7. The molecule has 20 heavy (non-hydrogen) atoms. The predicted molar refractivity (Wildman–Crippen MR) is 79.6 cm³/mol. The fourth-order valence-corrected chi connectivity index (χ4v) is 2.22. The van der Waals surface area contributed by atoms with Crippen LogP contribution in [0, 0.1) is 6.92 Å². The van der Waals surface area contributed by atoms with Crippen LogP contribution in [0.15, 0.2) is 18.2 Å². The molecule has 1 aromatic carbocycles. The Morgan fingerprint density at radius 1 is 1.35 bits per heavy atom. The van der Waals surface area contributed by atoms with E-state index < -0.39 is 12.9 Å². The average molecular weight is 278 g/mol. The summed E-state index contributed by atoms with van der Waals surface area (Å²) in [6.07, 6.45) is 2.65. The maximum Gasteiger partial charge on any atom is 0.455 e. The molecule has 0 aliphatic heterocycles. The molecule has 1 unspecified atom stereocenters. The molecule has 0 aliphatic rings. The quantitative estimate of drug-likeness (QED) is 0.637. The third kappa shape index (κ3) is 4.98. The Balaban J connectivity index is 2.72. The van der Waals surface area contributed by atoms with Crippen LogP contribution in [0.5, 0.6) is 5.75 Å². The van der Waals surface area contributed by atoms with Crippen molar-refractivity contribution in [1.82, 2.24) is 0 Å². The van der Waals surface area contributed by atoms with Gasteiger partial charge in [-0.15, -0.1) is 0 Å². The van der Waals surface area contributed by atoms with Gasteiger partial charge in [-0.2, -0.15) is 0 Å². The van der Waals surface area contributed by atoms with Crippen LogP contribution in [0.25, 0.3) is 0 Å². The van der Waals surface area contributed by atoms with Crippen LogP contribution in [0.3, 0.4) is 0 Å². The minimum absolute atomic E-state index is 0.0390. The predicted octanol–water partition coefficient (Wildman–Crippen LogP) is 2.24. The SMILES string of the molecule is CCCCC(=O)CC(Cc1cccc(C)c1O)B(O)O. The number of hydrogen-bond donors (Lipinski definition) is 3. The first-order chi connectivity index (χ1) is 9.45. The first-order valence-electron chi connectivity index (χ1n) is 7.11. The number of rotatable bonds is 8. The fourth-order valence-electron chi connectivity index (χ4n) is 2.22. The molecule has 0 spiro atoms. The monoisotopic (exact) mass is 278 g/mol. The molecule has 0 aliphatic carbocycles. The van der Waals surface area contributed by atoms with Crippen molar-refractivity contribution in [3.05, 3.63) is 29.3 Å². The van der Waals surface area contributed by atoms with E-state index in [1.54, 1.807) is 19.1 Å². The van der Waals surface area contributed by atoms with E-state index in [-0.39, 0.29) is 24.4 Å². The molecule has 0 saturated carbocycles. The normalized spacial score (nSPS) is 12.2. The minimum Gasteiger partial charge on any atom is -0.507 e. The number of Topliss-reactive ketones (excluding diaryl/α,β-unsaturated/α-hetero) is 1. The molecule has 0 aromatic heterocycles. The Kier molecular flexibility index (Phi) is 6.75. The van der Waals surface area contributed by atoms with E-state index in [1.807, 2.05) is 13.0 Å². The molecule has 0 heterocycles. The molecule has 0 fully saturated rings. The van der Waals surface area contributed by atoms with Crippen LogP contribution in [-0.4, -0.2) is 28.1 Å². The zero-order chi connectivity index (χ0) is 15.1. The summed E-state index contributed by atoms with van der Waals surface area (Å²) >= 11 is 0. The van der Waals surface area contributed by atoms with Crippen LogP contribution in [-0.2, 0) is 11.2 Å². The molecule has 3 N–H and O–H groups in total. The zero-order valence-electron chi connectivity index (χ0n) is 12.2. The molecule has 1 atom stereocenters. The number of phenols is 1. The highest BCUT2D eigenvalue weighted by atomic mass is 16.4. The van der Waals surface area contributed by atoms with Gasteiger partial charge in [-0.25, -0.2) is 0 Å². The molecule has 110 valence electrons. The maximum atomic E-state index is 11.8. The highest BCUT2D eigenvalue weighted by Gasteiger charge is 2.27. The molecule has 5 heteroatoms. The molecule has 1 rings (SSSR count). The highest BCUT2D eigenvalue weighted by molar-refractivity contribution is 6.43. The van der Waals surface area contributed by atoms with Gasteiger partial charge in [0.15, 0.2) is 0 Å². The number of hydrogen-bond acceptors (Lipinski definition) is 4. The van der Waals surface area contributed by atoms with Crippen molar-refractivity contribution < 1.29 is 19.9 Å². The number of carbonyl (C=O) groups is 1. The van der Waals surface area contributed by atoms with Gasteiger partial charge in [0.25, 0.3) is 0 Å². The Morgan fingerprint density at radius 2 is 2.05 bits per heavy atom. The molecule has 0 saturated heterocycles. The lowest BCUT2D eigenvalue weighted by molar-refractivity contribution is -0.119. The van der Waals surface area contributed by atoms with E-state index in [0.717, 1.165) is 18.4 Å². The van der Waals surface area contributed by atoms with Gasteiger partial charge in [0.1, 0.15) is 11.5 Å². The lowest BCUT2D eigenvalue weighted by Crippen LogP contribution is -2.24. The Labute approximate surface area is 120 Å². The van der Waals surface area contributed by atoms with E-state index in [1.165, 1.54) is 0 Å². The third-order valence-corrected chi connectivity index (χ3v) is 3.52. The summed E-state index contributed by atoms with van der Waals surface area (Å²) in [5.41, 5.74) is 1.39. The number of phenolic OH excluding ortho intramolecular Hbond substituents is 1. The van der Waals surface area contributed by atoms with Crippen molar-refractivity contribution in [3.8, 4) is 5.75 Å². The summed E-state index contributed by atoms with van der Waals surface area (Å²) in [5, 5.41) is 28.8. The van der Waals surface area contributed by atoms with Gasteiger partial charge in [-0.05, 0) is 30.9 Å². The summed E-state index contributed by atoms with van der Waals surface area (Å²) in [4.78, 5) is 11.8. The molecular weight excluding hydrogens is 255 g/mol. The van der Waals surface area contributed by atoms with Crippen molar-refractivity contribution in [1.29, 1.82) is 0 Å². The maximum absolute atomic E-state index is 11.8. The van der Waals surface area contributed by atoms with E-state index in [9.17, 15) is 19.9 Å². The fraction of sp³-hybridized carbons (Fsp3) is 0.533. The van der Waals surface area contributed by atoms with Gasteiger partial charge in [0.05, 0.1) is 0 Å². The number of unbranched alkanes of at least 4 members (excludes halogenated alkanes) is 1. The van der Waals surface area contributed by atoms with Crippen LogP contribution >= 0.6 is 0 Å². The third-order valence-electron chi connectivity index (χ3n) is 3.52. The van der Waals surface area contributed by atoms with Crippen LogP contribution in [0.1, 0.15) is 43.7 Å². The largest absolute Gasteiger partial charge is 0.507 e. The summed E-state index contributed by atoms with van der Waals surface area (Å²) in [7, 11) is -1.56. The van der Waals surface area contributed by atoms with Crippen LogP contribution in [0.4, 0.5) is 0 Å². The standard InChI is InChI=1S/C15H23BO4/c1-3-4-8-14(17)10-13(16(19)20)9-12-7-5-6-11(2)15(12)18/h5-7,13,18-20H,3-4,8-10H2,1-2H3. The van der Waals surface area contributed by atoms with Crippen molar-refractivity contribution in [2.24, 2.45) is 0 Å². The van der Waals surface area contributed by atoms with E-state index in [2.05, 4.69) is 0 Å². The second kappa shape index (κ2) is 8.07. The number of aromatic hydroxyl groups is 1. The van der Waals surface area contributed by atoms with Crippen molar-refractivity contribution in [2.45, 2.75) is 51.8 Å². The van der Waals surface area contributed by atoms with Crippen molar-refractivity contribution in [2.75, 3.05) is 0 Å². The number of para-hydroxylation sites is 1. The first-order valence-corrected chi connectivity index (χ1v) is 7.11. The molecule has 0 radical (unpaired) electrons. The van der Waals surface area contributed by atoms with Gasteiger partial charge >= 0.3 is 7.12 Å². The smallest absolute Gasteiger partial charge is 0.455 e. The van der Waals surface area contributed by atoms with Crippen molar-refractivity contribution in [3.63, 3.8) is 0 Å². The van der Waals surface area contributed by atoms with Gasteiger partial charge in [-0.1, -0.05) is 31.5 Å². The lowest BCUT2D eigenvalue weighted by Gasteiger charge is -2.16. The van der Waals surface area contributed by atoms with Gasteiger partial charge in [0, 0.05) is 18.7 Å². The second-order valence-electron chi connectivity index (χ2n) is 5.31. The van der Waals surface area contributed by atoms with Gasteiger partial charge in [-0.3, -0.25) is 4.79 Å². The molecule has 0 bridgehead atoms. The van der Waals surface area contributed by atoms with E-state index in [4.69, 9.17) is 0 Å². The molecule has 0 amide bonds. The number of aryl methyl sites for hydroxylation is 1. The molecule has 1 aromatic rings. The average Bonchev–Trinajstić information content (AvgIpc) is 2.40. The zero-order valence-corrected chi connectivity index (χ0v) is 12.2. The highest BCUT2D eigenvalue weighted by Crippen LogP contribution is 2.28. The number of ketones is 1. The summed E-state index contributed by atoms with van der Waals surface area (Å²) < 4.78 is 0. The Hall–Kier alpha value is -1.33. The molecule has 4 nitrogen and oxygen atoms in total. The van der Waals surface area contributed by atoms with Crippen LogP contribution in [0.2, 0.25) is 5.82 Å². The van der Waals surface area contributed by atoms with E-state index in [0.29, 0.717) is 12.0 Å². The summed E-state index contributed by atoms with van der Waals surface area (Å²) in [5.74, 6) is -0.372. The van der Waals surface area contributed by atoms with Gasteiger partial charge < -0.3 is 15.2 Å². The van der Waals surface area contributed by atoms with E-state index >= 15 is 0 Å². The Morgan fingerprint density at radius 3 is 2.65 bits per heavy atom. The minimum atomic E-state index is -1.56. The number of carbonyl (C=O) groups excluding carboxylic acids is 1. The summed E-state index contributed by atoms with van der Waals surface area (Å²) in [6, 6.07) is 5.34. The number of benzene rings is 1. The van der Waals surface area contributed by atoms with Crippen LogP contribution < -0.4 is 0 Å². The Bertz CT molecular complexity index is 445. The second-order valence-corrected chi connectivity index (χ2v) is 5.31.